The maximum absolute atomic E-state index is 12.2. The molecule has 1 aromatic rings. The van der Waals surface area contributed by atoms with Crippen molar-refractivity contribution in [3.63, 3.8) is 0 Å². The average Bonchev–Trinajstić information content (AvgIpc) is 2.50. The van der Waals surface area contributed by atoms with Crippen LogP contribution in [-0.4, -0.2) is 41.6 Å². The molecule has 0 saturated carbocycles. The standard InChI is InChI=1S/C16H21NO4/c1-2-8-21-9-7-15(18)17-10-12-5-3-4-6-13(12)14(11-17)16(19)20/h3-6,14H,2,7-11H2,1H3,(H,19,20). The minimum absolute atomic E-state index is 0.0492. The van der Waals surface area contributed by atoms with E-state index in [0.717, 1.165) is 17.5 Å². The first-order chi connectivity index (χ1) is 10.1. The van der Waals surface area contributed by atoms with Gasteiger partial charge in [-0.25, -0.2) is 0 Å². The van der Waals surface area contributed by atoms with Crippen molar-refractivity contribution in [3.05, 3.63) is 35.4 Å². The van der Waals surface area contributed by atoms with Gasteiger partial charge in [-0.1, -0.05) is 31.2 Å². The predicted molar refractivity (Wildman–Crippen MR) is 78.0 cm³/mol. The lowest BCUT2D eigenvalue weighted by molar-refractivity contribution is -0.141. The second-order valence-corrected chi connectivity index (χ2v) is 5.23. The zero-order chi connectivity index (χ0) is 15.2. The molecule has 0 saturated heterocycles. The van der Waals surface area contributed by atoms with Gasteiger partial charge < -0.3 is 14.7 Å². The van der Waals surface area contributed by atoms with Gasteiger partial charge in [0.25, 0.3) is 0 Å². The molecule has 1 atom stereocenters. The summed E-state index contributed by atoms with van der Waals surface area (Å²) in [5.74, 6) is -1.58. The van der Waals surface area contributed by atoms with Gasteiger partial charge in [-0.3, -0.25) is 9.59 Å². The van der Waals surface area contributed by atoms with Crippen LogP contribution in [0, 0.1) is 0 Å². The molecule has 1 aromatic carbocycles. The number of benzene rings is 1. The maximum Gasteiger partial charge on any atom is 0.312 e. The first-order valence-electron chi connectivity index (χ1n) is 7.29. The van der Waals surface area contributed by atoms with E-state index >= 15 is 0 Å². The van der Waals surface area contributed by atoms with E-state index in [2.05, 4.69) is 0 Å². The lowest BCUT2D eigenvalue weighted by Gasteiger charge is -2.32. The van der Waals surface area contributed by atoms with E-state index in [1.54, 1.807) is 4.90 Å². The van der Waals surface area contributed by atoms with Gasteiger partial charge >= 0.3 is 5.97 Å². The molecule has 1 heterocycles. The molecular weight excluding hydrogens is 270 g/mol. The van der Waals surface area contributed by atoms with Gasteiger partial charge in [0.1, 0.15) is 0 Å². The van der Waals surface area contributed by atoms with Crippen LogP contribution in [0.4, 0.5) is 0 Å². The third-order valence-electron chi connectivity index (χ3n) is 3.65. The smallest absolute Gasteiger partial charge is 0.312 e. The molecule has 114 valence electrons. The number of hydrogen-bond acceptors (Lipinski definition) is 3. The molecule has 0 aliphatic carbocycles. The summed E-state index contributed by atoms with van der Waals surface area (Å²) in [6, 6.07) is 7.43. The van der Waals surface area contributed by atoms with Gasteiger partial charge in [-0.05, 0) is 17.5 Å². The van der Waals surface area contributed by atoms with Gasteiger partial charge in [0.2, 0.25) is 5.91 Å². The van der Waals surface area contributed by atoms with E-state index in [0.29, 0.717) is 26.2 Å². The molecule has 21 heavy (non-hydrogen) atoms. The molecule has 0 spiro atoms. The molecule has 0 aromatic heterocycles. The number of carboxylic acids is 1. The molecule has 1 aliphatic rings. The second-order valence-electron chi connectivity index (χ2n) is 5.23. The van der Waals surface area contributed by atoms with E-state index < -0.39 is 11.9 Å². The number of carboxylic acid groups (broad SMARTS) is 1. The summed E-state index contributed by atoms with van der Waals surface area (Å²) in [7, 11) is 0. The van der Waals surface area contributed by atoms with Crippen LogP contribution in [0.25, 0.3) is 0 Å². The molecule has 1 N–H and O–H groups in total. The first-order valence-corrected chi connectivity index (χ1v) is 7.29. The molecule has 2 rings (SSSR count). The van der Waals surface area contributed by atoms with Crippen LogP contribution in [0.1, 0.15) is 36.8 Å². The summed E-state index contributed by atoms with van der Waals surface area (Å²) in [6.45, 7) is 3.77. The fourth-order valence-corrected chi connectivity index (χ4v) is 2.57. The number of aliphatic carboxylic acids is 1. The average molecular weight is 291 g/mol. The quantitative estimate of drug-likeness (QED) is 0.814. The largest absolute Gasteiger partial charge is 0.481 e. The first kappa shape index (κ1) is 15.5. The maximum atomic E-state index is 12.2. The summed E-state index contributed by atoms with van der Waals surface area (Å²) in [5.41, 5.74) is 1.73. The Morgan fingerprint density at radius 3 is 2.81 bits per heavy atom. The van der Waals surface area contributed by atoms with Crippen molar-refractivity contribution in [1.82, 2.24) is 4.90 Å². The Morgan fingerprint density at radius 1 is 1.33 bits per heavy atom. The molecule has 1 aliphatic heterocycles. The third-order valence-corrected chi connectivity index (χ3v) is 3.65. The van der Waals surface area contributed by atoms with Gasteiger partial charge in [0.05, 0.1) is 18.9 Å². The Balaban J connectivity index is 2.03. The highest BCUT2D eigenvalue weighted by Gasteiger charge is 2.31. The number of hydrogen-bond donors (Lipinski definition) is 1. The van der Waals surface area contributed by atoms with Crippen molar-refractivity contribution in [1.29, 1.82) is 0 Å². The summed E-state index contributed by atoms with van der Waals surface area (Å²) in [6.07, 6.45) is 1.22. The minimum atomic E-state index is -0.887. The number of rotatable bonds is 6. The molecule has 1 amide bonds. The molecular formula is C16H21NO4. The molecule has 0 fully saturated rings. The van der Waals surface area contributed by atoms with Crippen molar-refractivity contribution in [2.75, 3.05) is 19.8 Å². The van der Waals surface area contributed by atoms with Crippen molar-refractivity contribution in [2.45, 2.75) is 32.2 Å². The number of ether oxygens (including phenoxy) is 1. The lowest BCUT2D eigenvalue weighted by Crippen LogP contribution is -2.40. The van der Waals surface area contributed by atoms with Crippen LogP contribution in [-0.2, 0) is 20.9 Å². The number of fused-ring (bicyclic) bond motifs is 1. The van der Waals surface area contributed by atoms with Gasteiger partial charge in [-0.15, -0.1) is 0 Å². The van der Waals surface area contributed by atoms with Crippen molar-refractivity contribution in [2.24, 2.45) is 0 Å². The Morgan fingerprint density at radius 2 is 2.10 bits per heavy atom. The van der Waals surface area contributed by atoms with Gasteiger partial charge in [-0.2, -0.15) is 0 Å². The molecule has 0 bridgehead atoms. The topological polar surface area (TPSA) is 66.8 Å². The Labute approximate surface area is 124 Å². The van der Waals surface area contributed by atoms with Gasteiger partial charge in [0, 0.05) is 19.7 Å². The van der Waals surface area contributed by atoms with Crippen molar-refractivity contribution >= 4 is 11.9 Å². The Hall–Kier alpha value is -1.88. The molecule has 5 nitrogen and oxygen atoms in total. The predicted octanol–water partition coefficient (Wildman–Crippen LogP) is 2.01. The zero-order valence-corrected chi connectivity index (χ0v) is 12.2. The van der Waals surface area contributed by atoms with E-state index in [1.807, 2.05) is 31.2 Å². The number of nitrogens with zero attached hydrogens (tertiary/aromatic N) is 1. The highest BCUT2D eigenvalue weighted by Crippen LogP contribution is 2.28. The SMILES string of the molecule is CCCOCCC(=O)N1Cc2ccccc2C(C(=O)O)C1. The Bertz CT molecular complexity index is 515. The van der Waals surface area contributed by atoms with Crippen LogP contribution in [0.3, 0.4) is 0 Å². The second kappa shape index (κ2) is 7.22. The summed E-state index contributed by atoms with van der Waals surface area (Å²) in [5, 5.41) is 9.37. The third kappa shape index (κ3) is 3.82. The highest BCUT2D eigenvalue weighted by atomic mass is 16.5. The fraction of sp³-hybridized carbons (Fsp3) is 0.500. The number of carbonyl (C=O) groups is 2. The van der Waals surface area contributed by atoms with E-state index in [-0.39, 0.29) is 12.5 Å². The fourth-order valence-electron chi connectivity index (χ4n) is 2.57. The van der Waals surface area contributed by atoms with E-state index in [1.165, 1.54) is 0 Å². The Kier molecular flexibility index (Phi) is 5.33. The summed E-state index contributed by atoms with van der Waals surface area (Å²) in [4.78, 5) is 25.2. The van der Waals surface area contributed by atoms with Crippen LogP contribution in [0.2, 0.25) is 0 Å². The summed E-state index contributed by atoms with van der Waals surface area (Å²) < 4.78 is 5.32. The van der Waals surface area contributed by atoms with Crippen LogP contribution in [0.5, 0.6) is 0 Å². The number of amides is 1. The lowest BCUT2D eigenvalue weighted by atomic mass is 9.89. The van der Waals surface area contributed by atoms with Crippen LogP contribution >= 0.6 is 0 Å². The van der Waals surface area contributed by atoms with Gasteiger partial charge in [0.15, 0.2) is 0 Å². The van der Waals surface area contributed by atoms with E-state index in [4.69, 9.17) is 4.74 Å². The van der Waals surface area contributed by atoms with Crippen LogP contribution < -0.4 is 0 Å². The highest BCUT2D eigenvalue weighted by molar-refractivity contribution is 5.81. The minimum Gasteiger partial charge on any atom is -0.481 e. The van der Waals surface area contributed by atoms with Crippen LogP contribution in [0.15, 0.2) is 24.3 Å². The summed E-state index contributed by atoms with van der Waals surface area (Å²) >= 11 is 0. The van der Waals surface area contributed by atoms with Crippen molar-refractivity contribution < 1.29 is 19.4 Å². The molecule has 1 unspecified atom stereocenters. The molecule has 5 heteroatoms. The van der Waals surface area contributed by atoms with E-state index in [9.17, 15) is 14.7 Å². The van der Waals surface area contributed by atoms with Crippen molar-refractivity contribution in [3.8, 4) is 0 Å². The normalized spacial score (nSPS) is 17.4. The molecule has 0 radical (unpaired) electrons. The zero-order valence-electron chi connectivity index (χ0n) is 12.2. The number of carbonyl (C=O) groups excluding carboxylic acids is 1. The monoisotopic (exact) mass is 291 g/mol.